The maximum absolute atomic E-state index is 5.24. The van der Waals surface area contributed by atoms with E-state index < -0.39 is 0 Å². The average molecular weight is 412 g/mol. The van der Waals surface area contributed by atoms with E-state index >= 15 is 0 Å². The van der Waals surface area contributed by atoms with Crippen molar-refractivity contribution in [1.29, 1.82) is 0 Å². The fourth-order valence-corrected chi connectivity index (χ4v) is 4.89. The fraction of sp³-hybridized carbons (Fsp3) is 0.125. The first kappa shape index (κ1) is 14.1. The normalized spacial score (nSPS) is 12.6. The molecule has 0 amide bonds. The van der Waals surface area contributed by atoms with Crippen molar-refractivity contribution in [2.45, 2.75) is 4.83 Å². The quantitative estimate of drug-likeness (QED) is 0.469. The van der Waals surface area contributed by atoms with Crippen LogP contribution >= 0.6 is 43.2 Å². The van der Waals surface area contributed by atoms with Gasteiger partial charge >= 0.3 is 0 Å². The van der Waals surface area contributed by atoms with Gasteiger partial charge in [0.05, 0.1) is 11.9 Å². The van der Waals surface area contributed by atoms with Crippen LogP contribution in [0.5, 0.6) is 5.75 Å². The average Bonchev–Trinajstić information content (AvgIpc) is 2.90. The molecule has 0 fully saturated rings. The molecule has 0 aliphatic heterocycles. The molecule has 0 N–H and O–H groups in total. The second kappa shape index (κ2) is 5.88. The number of halogens is 2. The number of hydrogen-bond acceptors (Lipinski definition) is 2. The molecule has 20 heavy (non-hydrogen) atoms. The van der Waals surface area contributed by atoms with Crippen molar-refractivity contribution < 1.29 is 4.74 Å². The van der Waals surface area contributed by atoms with Crippen LogP contribution in [0.3, 0.4) is 0 Å². The van der Waals surface area contributed by atoms with Crippen LogP contribution in [0.15, 0.2) is 53.0 Å². The third-order valence-electron chi connectivity index (χ3n) is 3.18. The Morgan fingerprint density at radius 3 is 2.60 bits per heavy atom. The van der Waals surface area contributed by atoms with E-state index in [1.807, 2.05) is 23.5 Å². The molecule has 3 rings (SSSR count). The summed E-state index contributed by atoms with van der Waals surface area (Å²) >= 11 is 9.25. The van der Waals surface area contributed by atoms with Gasteiger partial charge in [-0.3, -0.25) is 0 Å². The van der Waals surface area contributed by atoms with Crippen LogP contribution in [0.2, 0.25) is 0 Å². The van der Waals surface area contributed by atoms with E-state index in [1.165, 1.54) is 20.5 Å². The predicted octanol–water partition coefficient (Wildman–Crippen LogP) is 6.16. The lowest BCUT2D eigenvalue weighted by atomic mass is 10.1. The van der Waals surface area contributed by atoms with Gasteiger partial charge in [0.1, 0.15) is 5.75 Å². The van der Waals surface area contributed by atoms with Gasteiger partial charge in [-0.25, -0.2) is 0 Å². The Morgan fingerprint density at radius 1 is 1.10 bits per heavy atom. The molecular weight excluding hydrogens is 400 g/mol. The molecule has 0 bridgehead atoms. The lowest BCUT2D eigenvalue weighted by Crippen LogP contribution is -1.92. The molecule has 1 nitrogen and oxygen atoms in total. The second-order valence-electron chi connectivity index (χ2n) is 4.44. The van der Waals surface area contributed by atoms with Gasteiger partial charge in [-0.15, -0.1) is 11.3 Å². The molecule has 0 saturated heterocycles. The monoisotopic (exact) mass is 410 g/mol. The fourth-order valence-electron chi connectivity index (χ4n) is 2.12. The van der Waals surface area contributed by atoms with Crippen molar-refractivity contribution in [3.8, 4) is 5.75 Å². The predicted molar refractivity (Wildman–Crippen MR) is 93.3 cm³/mol. The molecule has 1 unspecified atom stereocenters. The largest absolute Gasteiger partial charge is 0.497 e. The zero-order valence-corrected chi connectivity index (χ0v) is 14.8. The number of thiophene rings is 1. The molecular formula is C16H12Br2OS. The Hall–Kier alpha value is -0.840. The maximum atomic E-state index is 5.24. The van der Waals surface area contributed by atoms with Gasteiger partial charge in [-0.1, -0.05) is 56.1 Å². The topological polar surface area (TPSA) is 9.23 Å². The van der Waals surface area contributed by atoms with Crippen LogP contribution < -0.4 is 4.74 Å². The summed E-state index contributed by atoms with van der Waals surface area (Å²) in [6.07, 6.45) is 0. The molecule has 4 heteroatoms. The summed E-state index contributed by atoms with van der Waals surface area (Å²) in [5.74, 6) is 0.858. The van der Waals surface area contributed by atoms with Gasteiger partial charge in [0.25, 0.3) is 0 Å². The van der Waals surface area contributed by atoms with Gasteiger partial charge in [0.2, 0.25) is 0 Å². The zero-order chi connectivity index (χ0) is 14.1. The van der Waals surface area contributed by atoms with Crippen LogP contribution in [0, 0.1) is 0 Å². The van der Waals surface area contributed by atoms with E-state index in [1.54, 1.807) is 7.11 Å². The number of rotatable bonds is 3. The summed E-state index contributed by atoms with van der Waals surface area (Å²) < 4.78 is 7.61. The molecule has 1 heterocycles. The lowest BCUT2D eigenvalue weighted by molar-refractivity contribution is 0.414. The highest BCUT2D eigenvalue weighted by atomic mass is 79.9. The maximum Gasteiger partial charge on any atom is 0.120 e. The number of methoxy groups -OCH3 is 1. The number of benzene rings is 2. The van der Waals surface area contributed by atoms with Crippen molar-refractivity contribution in [2.75, 3.05) is 7.11 Å². The number of alkyl halides is 1. The molecule has 3 aromatic rings. The minimum Gasteiger partial charge on any atom is -0.497 e. The SMILES string of the molecule is COc1ccc(C(Br)c2cc3ccccc3s2)c(Br)c1. The Labute approximate surface area is 138 Å². The molecule has 0 aliphatic rings. The van der Waals surface area contributed by atoms with Crippen LogP contribution in [0.25, 0.3) is 10.1 Å². The van der Waals surface area contributed by atoms with E-state index in [0.29, 0.717) is 0 Å². The zero-order valence-electron chi connectivity index (χ0n) is 10.8. The highest BCUT2D eigenvalue weighted by molar-refractivity contribution is 9.11. The van der Waals surface area contributed by atoms with E-state index in [0.717, 1.165) is 10.2 Å². The summed E-state index contributed by atoms with van der Waals surface area (Å²) in [5, 5.41) is 1.29. The van der Waals surface area contributed by atoms with Crippen LogP contribution in [0.1, 0.15) is 15.3 Å². The van der Waals surface area contributed by atoms with Crippen LogP contribution in [-0.2, 0) is 0 Å². The highest BCUT2D eigenvalue weighted by Crippen LogP contribution is 2.41. The molecule has 0 radical (unpaired) electrons. The number of hydrogen-bond donors (Lipinski definition) is 0. The van der Waals surface area contributed by atoms with Crippen molar-refractivity contribution in [3.63, 3.8) is 0 Å². The molecule has 1 aromatic heterocycles. The Bertz CT molecular complexity index is 718. The van der Waals surface area contributed by atoms with Gasteiger partial charge in [-0.2, -0.15) is 0 Å². The van der Waals surface area contributed by atoms with Gasteiger partial charge < -0.3 is 4.74 Å². The summed E-state index contributed by atoms with van der Waals surface area (Å²) in [6, 6.07) is 16.8. The minimum atomic E-state index is 0.181. The van der Waals surface area contributed by atoms with Gasteiger partial charge in [-0.05, 0) is 35.2 Å². The van der Waals surface area contributed by atoms with E-state index in [4.69, 9.17) is 4.74 Å². The van der Waals surface area contributed by atoms with E-state index in [-0.39, 0.29) is 4.83 Å². The third kappa shape index (κ3) is 2.65. The van der Waals surface area contributed by atoms with Crippen molar-refractivity contribution >= 4 is 53.3 Å². The summed E-state index contributed by atoms with van der Waals surface area (Å²) in [5.41, 5.74) is 1.21. The highest BCUT2D eigenvalue weighted by Gasteiger charge is 2.16. The van der Waals surface area contributed by atoms with Crippen LogP contribution in [-0.4, -0.2) is 7.11 Å². The molecule has 0 saturated carbocycles. The molecule has 1 atom stereocenters. The Balaban J connectivity index is 2.01. The third-order valence-corrected chi connectivity index (χ3v) is 6.33. The first-order valence-corrected chi connectivity index (χ1v) is 8.67. The van der Waals surface area contributed by atoms with Crippen molar-refractivity contribution in [2.24, 2.45) is 0 Å². The Kier molecular flexibility index (Phi) is 4.15. The van der Waals surface area contributed by atoms with E-state index in [2.05, 4.69) is 68.3 Å². The lowest BCUT2D eigenvalue weighted by Gasteiger charge is -2.11. The van der Waals surface area contributed by atoms with E-state index in [9.17, 15) is 0 Å². The first-order valence-electron chi connectivity index (χ1n) is 6.15. The number of ether oxygens (including phenoxy) is 1. The standard InChI is InChI=1S/C16H12Br2OS/c1-19-11-6-7-12(13(17)9-11)16(18)15-8-10-4-2-3-5-14(10)20-15/h2-9,16H,1H3. The second-order valence-corrected chi connectivity index (χ2v) is 7.32. The summed E-state index contributed by atoms with van der Waals surface area (Å²) in [6.45, 7) is 0. The smallest absolute Gasteiger partial charge is 0.120 e. The molecule has 102 valence electrons. The molecule has 0 spiro atoms. The number of fused-ring (bicyclic) bond motifs is 1. The molecule has 2 aromatic carbocycles. The minimum absolute atomic E-state index is 0.181. The van der Waals surface area contributed by atoms with Gasteiger partial charge in [0.15, 0.2) is 0 Å². The first-order chi connectivity index (χ1) is 9.69. The summed E-state index contributed by atoms with van der Waals surface area (Å²) in [7, 11) is 1.68. The molecule has 0 aliphatic carbocycles. The summed E-state index contributed by atoms with van der Waals surface area (Å²) in [4.78, 5) is 1.48. The van der Waals surface area contributed by atoms with Crippen molar-refractivity contribution in [1.82, 2.24) is 0 Å². The Morgan fingerprint density at radius 2 is 1.90 bits per heavy atom. The van der Waals surface area contributed by atoms with Crippen molar-refractivity contribution in [3.05, 3.63) is 63.4 Å². The van der Waals surface area contributed by atoms with Gasteiger partial charge in [0, 0.05) is 14.0 Å². The van der Waals surface area contributed by atoms with Crippen LogP contribution in [0.4, 0.5) is 0 Å².